The number of carbonyl (C=O) groups is 1. The van der Waals surface area contributed by atoms with E-state index in [1.54, 1.807) is 43.5 Å². The van der Waals surface area contributed by atoms with Gasteiger partial charge in [-0.15, -0.1) is 0 Å². The van der Waals surface area contributed by atoms with Gasteiger partial charge in [-0.1, -0.05) is 6.07 Å². The summed E-state index contributed by atoms with van der Waals surface area (Å²) in [6.45, 7) is 3.85. The number of ether oxygens (including phenoxy) is 1. The van der Waals surface area contributed by atoms with Crippen molar-refractivity contribution in [3.8, 4) is 5.75 Å². The summed E-state index contributed by atoms with van der Waals surface area (Å²) in [5.74, 6) is 0.0628. The highest BCUT2D eigenvalue weighted by molar-refractivity contribution is 7.90. The normalized spacial score (nSPS) is 24.6. The molecule has 0 bridgehead atoms. The number of nitrogens with one attached hydrogen (secondary N) is 1. The SMILES string of the molecule is Cc1ccc(C(=O)Nc2ccc3c(c2)[C@@]2(C)N=C(N)N(C)S(=O)(=O)C2CCO3)nc1. The van der Waals surface area contributed by atoms with E-state index in [-0.39, 0.29) is 30.6 Å². The minimum absolute atomic E-state index is 0.0834. The van der Waals surface area contributed by atoms with Crippen LogP contribution in [0.4, 0.5) is 5.69 Å². The van der Waals surface area contributed by atoms with Crippen molar-refractivity contribution in [3.63, 3.8) is 0 Å². The van der Waals surface area contributed by atoms with Gasteiger partial charge in [-0.05, 0) is 43.7 Å². The number of hydrogen-bond donors (Lipinski definition) is 2. The molecular weight excluding hydrogens is 406 g/mol. The van der Waals surface area contributed by atoms with Gasteiger partial charge in [-0.3, -0.25) is 9.78 Å². The Morgan fingerprint density at radius 3 is 2.80 bits per heavy atom. The molecule has 1 unspecified atom stereocenters. The number of carbonyl (C=O) groups excluding carboxylic acids is 1. The summed E-state index contributed by atoms with van der Waals surface area (Å²) >= 11 is 0. The molecule has 10 heteroatoms. The Morgan fingerprint density at radius 2 is 2.10 bits per heavy atom. The number of aliphatic imine (C=N–C) groups is 1. The Labute approximate surface area is 175 Å². The maximum Gasteiger partial charge on any atom is 0.274 e. The predicted octanol–water partition coefficient (Wildman–Crippen LogP) is 1.60. The lowest BCUT2D eigenvalue weighted by Gasteiger charge is -2.40. The summed E-state index contributed by atoms with van der Waals surface area (Å²) in [6, 6.07) is 8.54. The molecule has 0 fully saturated rings. The van der Waals surface area contributed by atoms with E-state index in [0.717, 1.165) is 9.87 Å². The first kappa shape index (κ1) is 20.1. The number of aryl methyl sites for hydroxylation is 1. The molecule has 0 saturated heterocycles. The van der Waals surface area contributed by atoms with Crippen LogP contribution in [-0.2, 0) is 15.6 Å². The van der Waals surface area contributed by atoms with E-state index in [1.165, 1.54) is 7.05 Å². The molecule has 3 N–H and O–H groups in total. The number of fused-ring (bicyclic) bond motifs is 3. The molecule has 2 aromatic rings. The molecule has 2 atom stereocenters. The van der Waals surface area contributed by atoms with Crippen molar-refractivity contribution in [1.82, 2.24) is 9.29 Å². The molecule has 30 heavy (non-hydrogen) atoms. The number of nitrogens with zero attached hydrogens (tertiary/aromatic N) is 3. The summed E-state index contributed by atoms with van der Waals surface area (Å²) in [6.07, 6.45) is 1.88. The van der Waals surface area contributed by atoms with E-state index in [0.29, 0.717) is 17.0 Å². The molecule has 9 nitrogen and oxygen atoms in total. The van der Waals surface area contributed by atoms with E-state index in [1.807, 2.05) is 6.92 Å². The van der Waals surface area contributed by atoms with Crippen molar-refractivity contribution in [3.05, 3.63) is 53.3 Å². The highest BCUT2D eigenvalue weighted by Gasteiger charge is 2.52. The highest BCUT2D eigenvalue weighted by Crippen LogP contribution is 2.45. The van der Waals surface area contributed by atoms with Crippen LogP contribution in [0.3, 0.4) is 0 Å². The molecule has 2 aliphatic rings. The van der Waals surface area contributed by atoms with Crippen LogP contribution in [0.15, 0.2) is 41.5 Å². The van der Waals surface area contributed by atoms with Crippen LogP contribution >= 0.6 is 0 Å². The van der Waals surface area contributed by atoms with Crippen molar-refractivity contribution < 1.29 is 17.9 Å². The van der Waals surface area contributed by atoms with Crippen LogP contribution in [0.2, 0.25) is 0 Å². The van der Waals surface area contributed by atoms with Gasteiger partial charge in [0.25, 0.3) is 5.91 Å². The Kier molecular flexibility index (Phi) is 4.69. The summed E-state index contributed by atoms with van der Waals surface area (Å²) in [5.41, 5.74) is 7.06. The monoisotopic (exact) mass is 429 g/mol. The number of nitrogens with two attached hydrogens (primary N) is 1. The van der Waals surface area contributed by atoms with Crippen LogP contribution < -0.4 is 15.8 Å². The molecule has 1 aromatic heterocycles. The summed E-state index contributed by atoms with van der Waals surface area (Å²) < 4.78 is 32.9. The minimum Gasteiger partial charge on any atom is -0.493 e. The first-order chi connectivity index (χ1) is 14.1. The number of pyridine rings is 1. The minimum atomic E-state index is -3.72. The van der Waals surface area contributed by atoms with Gasteiger partial charge in [-0.2, -0.15) is 0 Å². The number of sulfonamides is 1. The van der Waals surface area contributed by atoms with E-state index >= 15 is 0 Å². The Hall–Kier alpha value is -3.14. The van der Waals surface area contributed by atoms with E-state index in [9.17, 15) is 13.2 Å². The van der Waals surface area contributed by atoms with Gasteiger partial charge in [-0.25, -0.2) is 17.7 Å². The third kappa shape index (κ3) is 3.17. The van der Waals surface area contributed by atoms with Gasteiger partial charge in [0, 0.05) is 30.9 Å². The molecule has 3 heterocycles. The quantitative estimate of drug-likeness (QED) is 0.746. The van der Waals surface area contributed by atoms with Crippen molar-refractivity contribution in [2.24, 2.45) is 10.7 Å². The molecule has 158 valence electrons. The van der Waals surface area contributed by atoms with Gasteiger partial charge < -0.3 is 15.8 Å². The van der Waals surface area contributed by atoms with Crippen LogP contribution in [0.25, 0.3) is 0 Å². The standard InChI is InChI=1S/C20H23N5O4S/c1-12-4-6-15(22-11-12)18(26)23-13-5-7-16-14(10-13)20(2)17(8-9-29-16)30(27,28)25(3)19(21)24-20/h4-7,10-11,17H,8-9H2,1-3H3,(H2,21,24)(H,23,26)/t17?,20-/m1/s1. The number of hydrogen-bond acceptors (Lipinski definition) is 7. The lowest BCUT2D eigenvalue weighted by molar-refractivity contribution is 0.102. The Balaban J connectivity index is 1.76. The molecule has 4 rings (SSSR count). The zero-order valence-corrected chi connectivity index (χ0v) is 17.7. The lowest BCUT2D eigenvalue weighted by Crippen LogP contribution is -2.56. The van der Waals surface area contributed by atoms with E-state index in [2.05, 4.69) is 15.3 Å². The van der Waals surface area contributed by atoms with Crippen LogP contribution in [0, 0.1) is 6.92 Å². The van der Waals surface area contributed by atoms with Crippen LogP contribution in [-0.4, -0.2) is 48.5 Å². The van der Waals surface area contributed by atoms with Gasteiger partial charge in [0.05, 0.1) is 6.61 Å². The fourth-order valence-electron chi connectivity index (χ4n) is 3.86. The number of anilines is 1. The molecule has 0 aliphatic carbocycles. The fourth-order valence-corrected chi connectivity index (χ4v) is 5.69. The number of benzene rings is 1. The second-order valence-electron chi connectivity index (χ2n) is 7.64. The van der Waals surface area contributed by atoms with E-state index in [4.69, 9.17) is 10.5 Å². The zero-order valence-electron chi connectivity index (χ0n) is 16.9. The zero-order chi connectivity index (χ0) is 21.7. The summed E-state index contributed by atoms with van der Waals surface area (Å²) in [4.78, 5) is 21.2. The van der Waals surface area contributed by atoms with Crippen molar-refractivity contribution in [2.45, 2.75) is 31.1 Å². The molecule has 0 spiro atoms. The average molecular weight is 430 g/mol. The maximum atomic E-state index is 13.0. The highest BCUT2D eigenvalue weighted by atomic mass is 32.2. The molecule has 1 aromatic carbocycles. The molecule has 1 amide bonds. The van der Waals surface area contributed by atoms with Gasteiger partial charge >= 0.3 is 0 Å². The van der Waals surface area contributed by atoms with Gasteiger partial charge in [0.15, 0.2) is 0 Å². The number of rotatable bonds is 2. The van der Waals surface area contributed by atoms with Gasteiger partial charge in [0.1, 0.15) is 22.2 Å². The third-order valence-electron chi connectivity index (χ3n) is 5.60. The second-order valence-corrected chi connectivity index (χ2v) is 9.79. The van der Waals surface area contributed by atoms with Crippen molar-refractivity contribution in [1.29, 1.82) is 0 Å². The molecule has 0 radical (unpaired) electrons. The molecule has 0 saturated carbocycles. The van der Waals surface area contributed by atoms with Crippen LogP contribution in [0.5, 0.6) is 5.75 Å². The third-order valence-corrected chi connectivity index (χ3v) is 7.97. The number of aromatic nitrogens is 1. The average Bonchev–Trinajstić information content (AvgIpc) is 2.84. The summed E-state index contributed by atoms with van der Waals surface area (Å²) in [7, 11) is -2.32. The van der Waals surface area contributed by atoms with Crippen molar-refractivity contribution >= 4 is 27.6 Å². The number of guanidine groups is 1. The first-order valence-electron chi connectivity index (χ1n) is 9.47. The topological polar surface area (TPSA) is 127 Å². The molecular formula is C20H23N5O4S. The summed E-state index contributed by atoms with van der Waals surface area (Å²) in [5, 5.41) is 1.97. The molecule has 2 aliphatic heterocycles. The Bertz CT molecular complexity index is 1150. The largest absolute Gasteiger partial charge is 0.493 e. The maximum absolute atomic E-state index is 13.0. The smallest absolute Gasteiger partial charge is 0.274 e. The van der Waals surface area contributed by atoms with Crippen LogP contribution in [0.1, 0.15) is 35.0 Å². The predicted molar refractivity (Wildman–Crippen MR) is 113 cm³/mol. The first-order valence-corrected chi connectivity index (χ1v) is 11.0. The fraction of sp³-hybridized carbons (Fsp3) is 0.350. The lowest BCUT2D eigenvalue weighted by atomic mass is 9.87. The van der Waals surface area contributed by atoms with Crippen molar-refractivity contribution in [2.75, 3.05) is 19.0 Å². The number of amides is 1. The second kappa shape index (κ2) is 6.98. The Morgan fingerprint density at radius 1 is 1.33 bits per heavy atom. The van der Waals surface area contributed by atoms with E-state index < -0.39 is 20.8 Å². The van der Waals surface area contributed by atoms with Gasteiger partial charge in [0.2, 0.25) is 16.0 Å².